The molecule has 5 nitrogen and oxygen atoms in total. The average Bonchev–Trinajstić information content (AvgIpc) is 2.96. The van der Waals surface area contributed by atoms with Crippen LogP contribution in [-0.4, -0.2) is 20.5 Å². The number of imidazole rings is 1. The molecule has 21 heavy (non-hydrogen) atoms. The van der Waals surface area contributed by atoms with Crippen LogP contribution in [-0.2, 0) is 6.54 Å². The number of nitrogens with one attached hydrogen (secondary N) is 1. The quantitative estimate of drug-likeness (QED) is 0.795. The summed E-state index contributed by atoms with van der Waals surface area (Å²) in [6.07, 6.45) is 1.80. The molecule has 2 heterocycles. The van der Waals surface area contributed by atoms with Crippen molar-refractivity contribution in [3.05, 3.63) is 50.7 Å². The van der Waals surface area contributed by atoms with Gasteiger partial charge in [-0.05, 0) is 25.1 Å². The first-order valence-electron chi connectivity index (χ1n) is 6.08. The summed E-state index contributed by atoms with van der Waals surface area (Å²) in [7, 11) is 0. The lowest BCUT2D eigenvalue weighted by atomic mass is 10.2. The van der Waals surface area contributed by atoms with Gasteiger partial charge >= 0.3 is 0 Å². The molecule has 0 spiro atoms. The number of fused-ring (bicyclic) bond motifs is 1. The fourth-order valence-electron chi connectivity index (χ4n) is 1.84. The van der Waals surface area contributed by atoms with E-state index in [1.54, 1.807) is 22.8 Å². The van der Waals surface area contributed by atoms with Gasteiger partial charge in [0.25, 0.3) is 5.91 Å². The molecule has 0 fully saturated rings. The van der Waals surface area contributed by atoms with E-state index in [1.165, 1.54) is 17.4 Å². The minimum absolute atomic E-state index is 0.228. The lowest BCUT2D eigenvalue weighted by Gasteiger charge is -2.04. The summed E-state index contributed by atoms with van der Waals surface area (Å²) < 4.78 is 1.71. The summed E-state index contributed by atoms with van der Waals surface area (Å²) >= 11 is 13.2. The summed E-state index contributed by atoms with van der Waals surface area (Å²) in [5.74, 6) is -0.228. The Morgan fingerprint density at radius 3 is 2.90 bits per heavy atom. The molecule has 0 bridgehead atoms. The van der Waals surface area contributed by atoms with Crippen LogP contribution < -0.4 is 5.32 Å². The molecule has 1 amide bonds. The van der Waals surface area contributed by atoms with Crippen molar-refractivity contribution in [1.82, 2.24) is 19.9 Å². The first kappa shape index (κ1) is 14.3. The zero-order valence-corrected chi connectivity index (χ0v) is 13.3. The van der Waals surface area contributed by atoms with Crippen LogP contribution >= 0.6 is 34.5 Å². The van der Waals surface area contributed by atoms with Crippen molar-refractivity contribution < 1.29 is 4.79 Å². The van der Waals surface area contributed by atoms with E-state index >= 15 is 0 Å². The van der Waals surface area contributed by atoms with Gasteiger partial charge in [0.2, 0.25) is 4.96 Å². The highest BCUT2D eigenvalue weighted by atomic mass is 35.5. The molecule has 0 aliphatic carbocycles. The standard InChI is InChI=1S/C13H10Cl2N4OS/c1-7-18-19-6-9(17-13(19)21-7)5-16-12(20)8-2-3-10(14)11(15)4-8/h2-4,6H,5H2,1H3,(H,16,20). The molecule has 108 valence electrons. The van der Waals surface area contributed by atoms with Gasteiger partial charge in [-0.3, -0.25) is 4.79 Å². The molecule has 0 aliphatic heterocycles. The Hall–Kier alpha value is -1.63. The molecule has 0 saturated heterocycles. The van der Waals surface area contributed by atoms with Crippen LogP contribution in [0.1, 0.15) is 21.1 Å². The minimum Gasteiger partial charge on any atom is -0.346 e. The molecular weight excluding hydrogens is 331 g/mol. The maximum Gasteiger partial charge on any atom is 0.251 e. The predicted molar refractivity (Wildman–Crippen MR) is 83.2 cm³/mol. The van der Waals surface area contributed by atoms with E-state index < -0.39 is 0 Å². The van der Waals surface area contributed by atoms with Crippen molar-refractivity contribution in [3.8, 4) is 0 Å². The van der Waals surface area contributed by atoms with Crippen molar-refractivity contribution in [1.29, 1.82) is 0 Å². The van der Waals surface area contributed by atoms with Gasteiger partial charge in [-0.1, -0.05) is 34.5 Å². The zero-order chi connectivity index (χ0) is 15.0. The summed E-state index contributed by atoms with van der Waals surface area (Å²) in [6, 6.07) is 4.76. The number of amides is 1. The van der Waals surface area contributed by atoms with Gasteiger partial charge in [0.05, 0.1) is 28.5 Å². The second-order valence-corrected chi connectivity index (χ2v) is 6.37. The number of aromatic nitrogens is 3. The van der Waals surface area contributed by atoms with Gasteiger partial charge in [0.1, 0.15) is 5.01 Å². The van der Waals surface area contributed by atoms with Crippen molar-refractivity contribution in [2.24, 2.45) is 0 Å². The molecule has 0 aliphatic rings. The lowest BCUT2D eigenvalue weighted by Crippen LogP contribution is -2.22. The zero-order valence-electron chi connectivity index (χ0n) is 10.9. The van der Waals surface area contributed by atoms with E-state index in [-0.39, 0.29) is 5.91 Å². The van der Waals surface area contributed by atoms with Gasteiger partial charge < -0.3 is 5.32 Å². The molecular formula is C13H10Cl2N4OS. The summed E-state index contributed by atoms with van der Waals surface area (Å²) in [6.45, 7) is 2.25. The van der Waals surface area contributed by atoms with E-state index in [0.717, 1.165) is 15.7 Å². The maximum absolute atomic E-state index is 12.0. The summed E-state index contributed by atoms with van der Waals surface area (Å²) in [4.78, 5) is 17.2. The highest BCUT2D eigenvalue weighted by Gasteiger charge is 2.10. The van der Waals surface area contributed by atoms with Crippen molar-refractivity contribution in [2.45, 2.75) is 13.5 Å². The monoisotopic (exact) mass is 340 g/mol. The molecule has 0 radical (unpaired) electrons. The second kappa shape index (κ2) is 5.63. The normalized spacial score (nSPS) is 11.0. The third-order valence-electron chi connectivity index (χ3n) is 2.81. The topological polar surface area (TPSA) is 59.3 Å². The van der Waals surface area contributed by atoms with Crippen LogP contribution in [0.15, 0.2) is 24.4 Å². The van der Waals surface area contributed by atoms with Crippen LogP contribution in [0.25, 0.3) is 4.96 Å². The molecule has 0 unspecified atom stereocenters. The highest BCUT2D eigenvalue weighted by Crippen LogP contribution is 2.22. The number of aryl methyl sites for hydroxylation is 1. The molecule has 3 aromatic rings. The number of halogens is 2. The lowest BCUT2D eigenvalue weighted by molar-refractivity contribution is 0.0950. The van der Waals surface area contributed by atoms with Crippen LogP contribution in [0.2, 0.25) is 10.0 Å². The first-order chi connectivity index (χ1) is 10.0. The third-order valence-corrected chi connectivity index (χ3v) is 4.38. The summed E-state index contributed by atoms with van der Waals surface area (Å²) in [5, 5.41) is 8.78. The van der Waals surface area contributed by atoms with Crippen LogP contribution in [0.4, 0.5) is 0 Å². The molecule has 1 aromatic carbocycles. The summed E-state index contributed by atoms with van der Waals surface area (Å²) in [5.41, 5.74) is 1.21. The van der Waals surface area contributed by atoms with Crippen LogP contribution in [0, 0.1) is 6.92 Å². The highest BCUT2D eigenvalue weighted by molar-refractivity contribution is 7.16. The number of nitrogens with zero attached hydrogens (tertiary/aromatic N) is 3. The van der Waals surface area contributed by atoms with Crippen LogP contribution in [0.3, 0.4) is 0 Å². The maximum atomic E-state index is 12.0. The van der Waals surface area contributed by atoms with E-state index in [1.807, 2.05) is 6.92 Å². The van der Waals surface area contributed by atoms with Gasteiger partial charge in [0, 0.05) is 5.56 Å². The first-order valence-corrected chi connectivity index (χ1v) is 7.65. The Bertz CT molecular complexity index is 795. The Balaban J connectivity index is 1.69. The second-order valence-electron chi connectivity index (χ2n) is 4.39. The van der Waals surface area contributed by atoms with E-state index in [9.17, 15) is 4.79 Å². The molecule has 2 aromatic heterocycles. The van der Waals surface area contributed by atoms with Gasteiger partial charge in [-0.2, -0.15) is 5.10 Å². The molecule has 0 atom stereocenters. The van der Waals surface area contributed by atoms with Crippen molar-refractivity contribution in [3.63, 3.8) is 0 Å². The Kier molecular flexibility index (Phi) is 3.84. The largest absolute Gasteiger partial charge is 0.346 e. The molecule has 8 heteroatoms. The Morgan fingerprint density at radius 1 is 1.38 bits per heavy atom. The van der Waals surface area contributed by atoms with Crippen molar-refractivity contribution >= 4 is 45.4 Å². The average molecular weight is 341 g/mol. The molecule has 1 N–H and O–H groups in total. The fourth-order valence-corrected chi connectivity index (χ4v) is 2.88. The van der Waals surface area contributed by atoms with Crippen molar-refractivity contribution in [2.75, 3.05) is 0 Å². The number of carbonyl (C=O) groups is 1. The predicted octanol–water partition coefficient (Wildman–Crippen LogP) is 3.34. The number of rotatable bonds is 3. The Morgan fingerprint density at radius 2 is 2.19 bits per heavy atom. The van der Waals surface area contributed by atoms with E-state index in [4.69, 9.17) is 23.2 Å². The third kappa shape index (κ3) is 3.02. The molecule has 3 rings (SSSR count). The van der Waals surface area contributed by atoms with Gasteiger partial charge in [-0.25, -0.2) is 9.50 Å². The van der Waals surface area contributed by atoms with Gasteiger partial charge in [-0.15, -0.1) is 0 Å². The number of benzene rings is 1. The SMILES string of the molecule is Cc1nn2cc(CNC(=O)c3ccc(Cl)c(Cl)c3)nc2s1. The minimum atomic E-state index is -0.228. The van der Waals surface area contributed by atoms with Gasteiger partial charge in [0.15, 0.2) is 0 Å². The number of hydrogen-bond donors (Lipinski definition) is 1. The van der Waals surface area contributed by atoms with Crippen LogP contribution in [0.5, 0.6) is 0 Å². The number of carbonyl (C=O) groups excluding carboxylic acids is 1. The molecule has 0 saturated carbocycles. The van der Waals surface area contributed by atoms with E-state index in [2.05, 4.69) is 15.4 Å². The van der Waals surface area contributed by atoms with E-state index in [0.29, 0.717) is 22.2 Å². The smallest absolute Gasteiger partial charge is 0.251 e. The fraction of sp³-hybridized carbons (Fsp3) is 0.154. The Labute approximate surface area is 134 Å². The number of hydrogen-bond acceptors (Lipinski definition) is 4.